The van der Waals surface area contributed by atoms with Crippen LogP contribution in [0, 0.1) is 6.29 Å². The van der Waals surface area contributed by atoms with Crippen LogP contribution in [0.3, 0.4) is 0 Å². The van der Waals surface area contributed by atoms with Gasteiger partial charge in [0.15, 0.2) is 0 Å². The number of rotatable bonds is 3. The minimum Gasteiger partial charge on any atom is -0.345 e. The van der Waals surface area contributed by atoms with E-state index < -0.39 is 0 Å². The summed E-state index contributed by atoms with van der Waals surface area (Å²) in [6.07, 6.45) is 4.13. The van der Waals surface area contributed by atoms with E-state index in [-0.39, 0.29) is 0 Å². The molecule has 47 valence electrons. The third-order valence-electron chi connectivity index (χ3n) is 0.705. The van der Waals surface area contributed by atoms with Crippen molar-refractivity contribution in [3.63, 3.8) is 0 Å². The molecule has 0 aliphatic carbocycles. The Morgan fingerprint density at radius 3 is 1.88 bits per heavy atom. The third kappa shape index (κ3) is 2.77. The molecular weight excluding hydrogens is 104 g/mol. The van der Waals surface area contributed by atoms with Gasteiger partial charge in [0, 0.05) is 14.2 Å². The van der Waals surface area contributed by atoms with Crippen molar-refractivity contribution in [1.29, 1.82) is 0 Å². The lowest BCUT2D eigenvalue weighted by atomic mass is 10.5. The average Bonchev–Trinajstić information content (AvgIpc) is 1.83. The minimum atomic E-state index is 0.535. The van der Waals surface area contributed by atoms with Crippen LogP contribution in [-0.4, -0.2) is 14.2 Å². The Labute approximate surface area is 50.1 Å². The summed E-state index contributed by atoms with van der Waals surface area (Å²) in [4.78, 5) is 0. The second-order valence-corrected chi connectivity index (χ2v) is 1.23. The Bertz CT molecular complexity index is 64.9. The number of ether oxygens (including phenoxy) is 2. The van der Waals surface area contributed by atoms with Gasteiger partial charge in [-0.3, -0.25) is 0 Å². The van der Waals surface area contributed by atoms with E-state index in [4.69, 9.17) is 9.47 Å². The maximum Gasteiger partial charge on any atom is 0.247 e. The van der Waals surface area contributed by atoms with Crippen molar-refractivity contribution in [3.05, 3.63) is 18.4 Å². The molecule has 0 amide bonds. The van der Waals surface area contributed by atoms with Gasteiger partial charge in [-0.15, -0.1) is 0 Å². The molecule has 0 N–H and O–H groups in total. The first-order valence-corrected chi connectivity index (χ1v) is 2.42. The van der Waals surface area contributed by atoms with Crippen LogP contribution in [0.2, 0.25) is 0 Å². The molecule has 0 fully saturated rings. The van der Waals surface area contributed by atoms with Crippen molar-refractivity contribution in [3.8, 4) is 0 Å². The van der Waals surface area contributed by atoms with Crippen LogP contribution in [0.1, 0.15) is 6.92 Å². The summed E-state index contributed by atoms with van der Waals surface area (Å²) < 4.78 is 9.50. The van der Waals surface area contributed by atoms with E-state index >= 15 is 0 Å². The zero-order valence-electron chi connectivity index (χ0n) is 5.47. The molecule has 1 radical (unpaired) electrons. The van der Waals surface area contributed by atoms with Crippen molar-refractivity contribution in [2.24, 2.45) is 0 Å². The smallest absolute Gasteiger partial charge is 0.247 e. The number of allylic oxidation sites excluding steroid dienone is 1. The van der Waals surface area contributed by atoms with E-state index in [0.29, 0.717) is 6.29 Å². The van der Waals surface area contributed by atoms with Gasteiger partial charge < -0.3 is 9.47 Å². The zero-order valence-corrected chi connectivity index (χ0v) is 5.47. The molecule has 2 heteroatoms. The molecule has 8 heavy (non-hydrogen) atoms. The first-order chi connectivity index (χ1) is 3.85. The van der Waals surface area contributed by atoms with Crippen molar-refractivity contribution >= 4 is 0 Å². The van der Waals surface area contributed by atoms with Crippen molar-refractivity contribution in [2.45, 2.75) is 6.92 Å². The highest BCUT2D eigenvalue weighted by Crippen LogP contribution is 2.00. The molecule has 0 saturated heterocycles. The van der Waals surface area contributed by atoms with Gasteiger partial charge in [0.2, 0.25) is 6.29 Å². The predicted molar refractivity (Wildman–Crippen MR) is 32.1 cm³/mol. The first-order valence-electron chi connectivity index (χ1n) is 2.42. The molecule has 0 aliphatic heterocycles. The van der Waals surface area contributed by atoms with Crippen LogP contribution in [0.15, 0.2) is 12.2 Å². The summed E-state index contributed by atoms with van der Waals surface area (Å²) in [7, 11) is 3.14. The highest BCUT2D eigenvalue weighted by atomic mass is 16.7. The van der Waals surface area contributed by atoms with Gasteiger partial charge >= 0.3 is 0 Å². The van der Waals surface area contributed by atoms with E-state index in [1.54, 1.807) is 20.3 Å². The maximum atomic E-state index is 4.75. The van der Waals surface area contributed by atoms with Crippen LogP contribution in [0.5, 0.6) is 0 Å². The number of hydrogen-bond acceptors (Lipinski definition) is 2. The van der Waals surface area contributed by atoms with E-state index in [0.717, 1.165) is 0 Å². The highest BCUT2D eigenvalue weighted by molar-refractivity contribution is 4.93. The Balaban J connectivity index is 3.36. The first kappa shape index (κ1) is 7.66. The Hall–Kier alpha value is -0.340. The van der Waals surface area contributed by atoms with E-state index in [1.807, 2.05) is 13.0 Å². The number of methoxy groups -OCH3 is 2. The predicted octanol–water partition coefficient (Wildman–Crippen LogP) is 1.34. The lowest BCUT2D eigenvalue weighted by Crippen LogP contribution is -1.97. The summed E-state index contributed by atoms with van der Waals surface area (Å²) in [6, 6.07) is 0. The van der Waals surface area contributed by atoms with Gasteiger partial charge in [-0.05, 0) is 13.0 Å². The fourth-order valence-electron chi connectivity index (χ4n) is 0.355. The Morgan fingerprint density at radius 2 is 1.75 bits per heavy atom. The fraction of sp³-hybridized carbons (Fsp3) is 0.500. The van der Waals surface area contributed by atoms with E-state index in [9.17, 15) is 0 Å². The lowest BCUT2D eigenvalue weighted by molar-refractivity contribution is 0.0315. The van der Waals surface area contributed by atoms with Crippen molar-refractivity contribution in [1.82, 2.24) is 0 Å². The molecule has 0 heterocycles. The molecule has 0 aromatic rings. The minimum absolute atomic E-state index is 0.535. The van der Waals surface area contributed by atoms with Crippen molar-refractivity contribution < 1.29 is 9.47 Å². The normalized spacial score (nSPS) is 11.5. The van der Waals surface area contributed by atoms with Gasteiger partial charge in [-0.25, -0.2) is 0 Å². The summed E-state index contributed by atoms with van der Waals surface area (Å²) in [5.74, 6) is 0. The second kappa shape index (κ2) is 4.81. The largest absolute Gasteiger partial charge is 0.345 e. The molecular formula is C6H11O2. The summed E-state index contributed by atoms with van der Waals surface area (Å²) in [6.45, 7) is 1.90. The van der Waals surface area contributed by atoms with E-state index in [1.165, 1.54) is 0 Å². The summed E-state index contributed by atoms with van der Waals surface area (Å²) >= 11 is 0. The zero-order chi connectivity index (χ0) is 6.41. The number of hydrogen-bond donors (Lipinski definition) is 0. The quantitative estimate of drug-likeness (QED) is 0.552. The molecule has 0 aliphatic rings. The molecule has 0 saturated carbocycles. The summed E-state index contributed by atoms with van der Waals surface area (Å²) in [5, 5.41) is 0. The molecule has 0 unspecified atom stereocenters. The standard InChI is InChI=1S/C6H11O2/c1-4-5-6(7-2)8-3/h4-5H,1-3H3. The fourth-order valence-corrected chi connectivity index (χ4v) is 0.355. The van der Waals surface area contributed by atoms with Gasteiger partial charge in [-0.2, -0.15) is 0 Å². The lowest BCUT2D eigenvalue weighted by Gasteiger charge is -2.03. The van der Waals surface area contributed by atoms with Gasteiger partial charge in [0.05, 0.1) is 0 Å². The van der Waals surface area contributed by atoms with E-state index in [2.05, 4.69) is 0 Å². The van der Waals surface area contributed by atoms with Gasteiger partial charge in [0.25, 0.3) is 0 Å². The summed E-state index contributed by atoms with van der Waals surface area (Å²) in [5.41, 5.74) is 0. The molecule has 0 bridgehead atoms. The molecule has 0 aromatic heterocycles. The molecule has 0 spiro atoms. The van der Waals surface area contributed by atoms with Crippen LogP contribution in [0.4, 0.5) is 0 Å². The molecule has 0 atom stereocenters. The highest BCUT2D eigenvalue weighted by Gasteiger charge is 1.97. The van der Waals surface area contributed by atoms with Crippen molar-refractivity contribution in [2.75, 3.05) is 14.2 Å². The molecule has 0 rings (SSSR count). The molecule has 2 nitrogen and oxygen atoms in total. The second-order valence-electron chi connectivity index (χ2n) is 1.23. The maximum absolute atomic E-state index is 4.75. The molecule has 0 aromatic carbocycles. The Kier molecular flexibility index (Phi) is 4.61. The van der Waals surface area contributed by atoms with Gasteiger partial charge in [0.1, 0.15) is 0 Å². The SMILES string of the molecule is CC=C[C](OC)OC. The van der Waals surface area contributed by atoms with Gasteiger partial charge in [-0.1, -0.05) is 6.08 Å². The van der Waals surface area contributed by atoms with Crippen LogP contribution >= 0.6 is 0 Å². The monoisotopic (exact) mass is 115 g/mol. The van der Waals surface area contributed by atoms with Crippen LogP contribution in [0.25, 0.3) is 0 Å². The third-order valence-corrected chi connectivity index (χ3v) is 0.705. The van der Waals surface area contributed by atoms with Crippen LogP contribution < -0.4 is 0 Å². The average molecular weight is 115 g/mol. The topological polar surface area (TPSA) is 18.5 Å². The van der Waals surface area contributed by atoms with Crippen LogP contribution in [-0.2, 0) is 9.47 Å². The Morgan fingerprint density at radius 1 is 1.25 bits per heavy atom.